The quantitative estimate of drug-likeness (QED) is 0.732. The molecule has 0 spiro atoms. The minimum atomic E-state index is 0.285. The van der Waals surface area contributed by atoms with Crippen LogP contribution < -0.4 is 4.74 Å². The summed E-state index contributed by atoms with van der Waals surface area (Å²) in [4.78, 5) is 6.99. The number of hydrogen-bond acceptors (Lipinski definition) is 4. The summed E-state index contributed by atoms with van der Waals surface area (Å²) >= 11 is 1.75. The Bertz CT molecular complexity index is 781. The molecular weight excluding hydrogens is 306 g/mol. The van der Waals surface area contributed by atoms with Crippen molar-refractivity contribution < 1.29 is 4.74 Å². The second-order valence-electron chi connectivity index (χ2n) is 5.79. The number of nitrogens with zero attached hydrogens (tertiary/aromatic N) is 3. The Morgan fingerprint density at radius 2 is 2.22 bits per heavy atom. The molecule has 0 amide bonds. The average molecular weight is 325 g/mol. The van der Waals surface area contributed by atoms with Gasteiger partial charge in [0.05, 0.1) is 19.7 Å². The molecule has 1 atom stereocenters. The highest BCUT2D eigenvalue weighted by atomic mass is 32.1. The van der Waals surface area contributed by atoms with Crippen molar-refractivity contribution >= 4 is 11.3 Å². The maximum atomic E-state index is 5.60. The Kier molecular flexibility index (Phi) is 3.89. The molecule has 0 radical (unpaired) electrons. The second-order valence-corrected chi connectivity index (χ2v) is 6.57. The summed E-state index contributed by atoms with van der Waals surface area (Å²) in [5.41, 5.74) is 2.60. The molecule has 0 saturated carbocycles. The minimum Gasteiger partial charge on any atom is -0.496 e. The molecule has 0 N–H and O–H groups in total. The standard InChI is InChI=1S/C18H19N3OS/c1-22-17-5-3-2-4-15(17)16-11-20-8-7-19-18(20)12-21(16)10-14-6-9-23-13-14/h2-9,13,16H,10-12H2,1H3/t16-/m1/s1. The first kappa shape index (κ1) is 14.5. The fourth-order valence-corrected chi connectivity index (χ4v) is 3.93. The number of thiophene rings is 1. The maximum absolute atomic E-state index is 5.60. The predicted octanol–water partition coefficient (Wildman–Crippen LogP) is 3.71. The van der Waals surface area contributed by atoms with E-state index >= 15 is 0 Å². The third-order valence-electron chi connectivity index (χ3n) is 4.42. The van der Waals surface area contributed by atoms with Gasteiger partial charge in [0, 0.05) is 31.0 Å². The first-order chi connectivity index (χ1) is 11.3. The van der Waals surface area contributed by atoms with E-state index in [0.717, 1.165) is 31.2 Å². The summed E-state index contributed by atoms with van der Waals surface area (Å²) < 4.78 is 7.85. The third kappa shape index (κ3) is 2.78. The van der Waals surface area contributed by atoms with Gasteiger partial charge in [-0.3, -0.25) is 4.90 Å². The number of fused-ring (bicyclic) bond motifs is 1. The van der Waals surface area contributed by atoms with E-state index < -0.39 is 0 Å². The van der Waals surface area contributed by atoms with Gasteiger partial charge in [0.1, 0.15) is 11.6 Å². The zero-order chi connectivity index (χ0) is 15.6. The van der Waals surface area contributed by atoms with Crippen LogP contribution in [0.2, 0.25) is 0 Å². The SMILES string of the molecule is COc1ccccc1[C@H]1Cn2ccnc2CN1Cc1ccsc1. The molecule has 0 fully saturated rings. The molecule has 1 aromatic carbocycles. The summed E-state index contributed by atoms with van der Waals surface area (Å²) in [6.45, 7) is 2.69. The lowest BCUT2D eigenvalue weighted by Gasteiger charge is -2.36. The van der Waals surface area contributed by atoms with E-state index in [0.29, 0.717) is 0 Å². The van der Waals surface area contributed by atoms with Crippen molar-refractivity contribution in [2.75, 3.05) is 7.11 Å². The zero-order valence-electron chi connectivity index (χ0n) is 13.1. The van der Waals surface area contributed by atoms with Gasteiger partial charge >= 0.3 is 0 Å². The van der Waals surface area contributed by atoms with Crippen molar-refractivity contribution in [2.45, 2.75) is 25.7 Å². The summed E-state index contributed by atoms with van der Waals surface area (Å²) in [5.74, 6) is 2.09. The molecule has 1 aliphatic rings. The minimum absolute atomic E-state index is 0.285. The lowest BCUT2D eigenvalue weighted by atomic mass is 10.0. The Morgan fingerprint density at radius 3 is 3.04 bits per heavy atom. The molecule has 0 aliphatic carbocycles. The van der Waals surface area contributed by atoms with Gasteiger partial charge in [-0.25, -0.2) is 4.98 Å². The third-order valence-corrected chi connectivity index (χ3v) is 5.15. The second kappa shape index (κ2) is 6.18. The summed E-state index contributed by atoms with van der Waals surface area (Å²) in [5, 5.41) is 4.36. The molecule has 4 rings (SSSR count). The van der Waals surface area contributed by atoms with Gasteiger partial charge in [-0.05, 0) is 28.5 Å². The number of imidazole rings is 1. The fourth-order valence-electron chi connectivity index (χ4n) is 3.27. The van der Waals surface area contributed by atoms with Crippen LogP contribution in [0.25, 0.3) is 0 Å². The molecule has 4 nitrogen and oxygen atoms in total. The van der Waals surface area contributed by atoms with E-state index in [1.165, 1.54) is 11.1 Å². The molecule has 0 saturated heterocycles. The van der Waals surface area contributed by atoms with Gasteiger partial charge in [-0.1, -0.05) is 18.2 Å². The normalized spacial score (nSPS) is 17.9. The van der Waals surface area contributed by atoms with Crippen LogP contribution in [0.1, 0.15) is 23.0 Å². The lowest BCUT2D eigenvalue weighted by Crippen LogP contribution is -2.36. The van der Waals surface area contributed by atoms with Crippen LogP contribution in [0, 0.1) is 0 Å². The van der Waals surface area contributed by atoms with E-state index in [4.69, 9.17) is 4.74 Å². The first-order valence-corrected chi connectivity index (χ1v) is 8.67. The van der Waals surface area contributed by atoms with E-state index in [1.54, 1.807) is 18.4 Å². The monoisotopic (exact) mass is 325 g/mol. The van der Waals surface area contributed by atoms with Crippen LogP contribution in [-0.2, 0) is 19.6 Å². The van der Waals surface area contributed by atoms with Crippen LogP contribution in [0.3, 0.4) is 0 Å². The average Bonchev–Trinajstić information content (AvgIpc) is 3.25. The van der Waals surface area contributed by atoms with Crippen LogP contribution in [-0.4, -0.2) is 21.6 Å². The largest absolute Gasteiger partial charge is 0.496 e. The van der Waals surface area contributed by atoms with E-state index in [1.807, 2.05) is 18.3 Å². The van der Waals surface area contributed by atoms with Crippen molar-refractivity contribution in [1.82, 2.24) is 14.5 Å². The van der Waals surface area contributed by atoms with Crippen LogP contribution in [0.15, 0.2) is 53.5 Å². The number of rotatable bonds is 4. The van der Waals surface area contributed by atoms with Crippen LogP contribution >= 0.6 is 11.3 Å². The van der Waals surface area contributed by atoms with Crippen molar-refractivity contribution in [1.29, 1.82) is 0 Å². The van der Waals surface area contributed by atoms with Crippen molar-refractivity contribution in [3.8, 4) is 5.75 Å². The summed E-state index contributed by atoms with van der Waals surface area (Å²) in [6.07, 6.45) is 3.96. The fraction of sp³-hybridized carbons (Fsp3) is 0.278. The highest BCUT2D eigenvalue weighted by Gasteiger charge is 2.29. The Hall–Kier alpha value is -2.11. The number of methoxy groups -OCH3 is 1. The highest BCUT2D eigenvalue weighted by molar-refractivity contribution is 7.07. The van der Waals surface area contributed by atoms with Gasteiger partial charge in [-0.2, -0.15) is 11.3 Å². The molecule has 3 aromatic rings. The van der Waals surface area contributed by atoms with Gasteiger partial charge in [0.2, 0.25) is 0 Å². The molecule has 23 heavy (non-hydrogen) atoms. The smallest absolute Gasteiger partial charge is 0.123 e. The van der Waals surface area contributed by atoms with Crippen LogP contribution in [0.4, 0.5) is 0 Å². The Balaban J connectivity index is 1.71. The molecule has 2 aromatic heterocycles. The van der Waals surface area contributed by atoms with Gasteiger partial charge in [0.25, 0.3) is 0 Å². The summed E-state index contributed by atoms with van der Waals surface area (Å²) in [7, 11) is 1.74. The number of ether oxygens (including phenoxy) is 1. The number of benzene rings is 1. The Labute approximate surface area is 140 Å². The molecular formula is C18H19N3OS. The predicted molar refractivity (Wildman–Crippen MR) is 91.5 cm³/mol. The summed E-state index contributed by atoms with van der Waals surface area (Å²) in [6, 6.07) is 10.8. The van der Waals surface area contributed by atoms with E-state index in [2.05, 4.69) is 49.6 Å². The highest BCUT2D eigenvalue weighted by Crippen LogP contribution is 2.35. The van der Waals surface area contributed by atoms with E-state index in [9.17, 15) is 0 Å². The van der Waals surface area contributed by atoms with Gasteiger partial charge in [-0.15, -0.1) is 0 Å². The lowest BCUT2D eigenvalue weighted by molar-refractivity contribution is 0.126. The van der Waals surface area contributed by atoms with Crippen molar-refractivity contribution in [3.63, 3.8) is 0 Å². The topological polar surface area (TPSA) is 30.3 Å². The van der Waals surface area contributed by atoms with Crippen LogP contribution in [0.5, 0.6) is 5.75 Å². The molecule has 0 bridgehead atoms. The van der Waals surface area contributed by atoms with E-state index in [-0.39, 0.29) is 6.04 Å². The molecule has 0 unspecified atom stereocenters. The molecule has 5 heteroatoms. The van der Waals surface area contributed by atoms with Gasteiger partial charge in [0.15, 0.2) is 0 Å². The molecule has 1 aliphatic heterocycles. The zero-order valence-corrected chi connectivity index (χ0v) is 13.9. The maximum Gasteiger partial charge on any atom is 0.123 e. The number of hydrogen-bond donors (Lipinski definition) is 0. The number of para-hydroxylation sites is 1. The molecule has 3 heterocycles. The van der Waals surface area contributed by atoms with Gasteiger partial charge < -0.3 is 9.30 Å². The number of aromatic nitrogens is 2. The first-order valence-electron chi connectivity index (χ1n) is 7.73. The molecule has 118 valence electrons. The Morgan fingerprint density at radius 1 is 1.30 bits per heavy atom. The van der Waals surface area contributed by atoms with Crippen molar-refractivity contribution in [2.24, 2.45) is 0 Å². The van der Waals surface area contributed by atoms with Crippen molar-refractivity contribution in [3.05, 3.63) is 70.4 Å².